The van der Waals surface area contributed by atoms with E-state index in [0.29, 0.717) is 0 Å². The van der Waals surface area contributed by atoms with Gasteiger partial charge in [-0.3, -0.25) is 9.59 Å². The van der Waals surface area contributed by atoms with Gasteiger partial charge < -0.3 is 10.2 Å². The van der Waals surface area contributed by atoms with Crippen molar-refractivity contribution in [1.29, 1.82) is 0 Å². The third-order valence-corrected chi connectivity index (χ3v) is 3.46. The van der Waals surface area contributed by atoms with Gasteiger partial charge >= 0.3 is 11.9 Å². The minimum atomic E-state index is -1.08. The minimum absolute atomic E-state index is 0.0359. The molecule has 1 aromatic carbocycles. The van der Waals surface area contributed by atoms with Crippen LogP contribution in [-0.2, 0) is 9.59 Å². The van der Waals surface area contributed by atoms with Gasteiger partial charge in [0.1, 0.15) is 0 Å². The van der Waals surface area contributed by atoms with E-state index in [1.807, 2.05) is 37.3 Å². The van der Waals surface area contributed by atoms with Crippen LogP contribution in [0.15, 0.2) is 66.3 Å². The number of benzene rings is 1. The fourth-order valence-corrected chi connectivity index (χ4v) is 2.03. The molecule has 0 aromatic heterocycles. The molecule has 1 atom stereocenters. The predicted octanol–water partition coefficient (Wildman–Crippen LogP) is 3.49. The molecule has 5 heteroatoms. The van der Waals surface area contributed by atoms with Crippen LogP contribution in [-0.4, -0.2) is 27.9 Å². The van der Waals surface area contributed by atoms with E-state index in [-0.39, 0.29) is 17.8 Å². The number of carboxylic acid groups (broad SMARTS) is 2. The zero-order chi connectivity index (χ0) is 18.2. The van der Waals surface area contributed by atoms with Crippen LogP contribution in [0.5, 0.6) is 0 Å². The lowest BCUT2D eigenvalue weighted by atomic mass is 9.80. The average molecular weight is 328 g/mol. The number of rotatable bonds is 4. The summed E-state index contributed by atoms with van der Waals surface area (Å²) >= 11 is 0. The summed E-state index contributed by atoms with van der Waals surface area (Å²) in [7, 11) is 0. The molecule has 1 aliphatic rings. The molecule has 2 rings (SSSR count). The van der Waals surface area contributed by atoms with Crippen LogP contribution in [0.3, 0.4) is 0 Å². The molecule has 1 unspecified atom stereocenters. The highest BCUT2D eigenvalue weighted by molar-refractivity contribution is 6.04. The zero-order valence-electron chi connectivity index (χ0n) is 13.6. The fraction of sp³-hybridized carbons (Fsp3) is 0.211. The first kappa shape index (κ1) is 19.1. The van der Waals surface area contributed by atoms with Crippen molar-refractivity contribution < 1.29 is 24.6 Å². The predicted molar refractivity (Wildman–Crippen MR) is 90.8 cm³/mol. The van der Waals surface area contributed by atoms with Crippen molar-refractivity contribution in [3.05, 3.63) is 71.8 Å². The van der Waals surface area contributed by atoms with Gasteiger partial charge in [-0.25, -0.2) is 4.79 Å². The van der Waals surface area contributed by atoms with Crippen LogP contribution in [0.4, 0.5) is 0 Å². The van der Waals surface area contributed by atoms with Gasteiger partial charge in [0, 0.05) is 11.1 Å². The molecule has 1 aliphatic carbocycles. The second kappa shape index (κ2) is 8.62. The fourth-order valence-electron chi connectivity index (χ4n) is 2.03. The lowest BCUT2D eigenvalue weighted by Crippen LogP contribution is -2.28. The number of hydrogen-bond donors (Lipinski definition) is 2. The summed E-state index contributed by atoms with van der Waals surface area (Å²) in [6, 6.07) is 9.23. The molecule has 5 nitrogen and oxygen atoms in total. The van der Waals surface area contributed by atoms with Crippen LogP contribution in [0.2, 0.25) is 0 Å². The topological polar surface area (TPSA) is 91.7 Å². The number of carboxylic acids is 2. The van der Waals surface area contributed by atoms with Gasteiger partial charge in [-0.1, -0.05) is 54.6 Å². The Morgan fingerprint density at radius 3 is 2.25 bits per heavy atom. The molecule has 0 fully saturated rings. The second-order valence-electron chi connectivity index (χ2n) is 5.49. The SMILES string of the molecule is C/C=C/C(=O)c1ccccc1.CC1(C(=O)O)C=CC=C(C(=O)O)C1. The van der Waals surface area contributed by atoms with Crippen molar-refractivity contribution in [2.45, 2.75) is 20.3 Å². The molecule has 126 valence electrons. The molecule has 0 heterocycles. The maximum absolute atomic E-state index is 11.2. The molecular formula is C19H20O5. The van der Waals surface area contributed by atoms with Gasteiger partial charge in [-0.05, 0) is 26.3 Å². The summed E-state index contributed by atoms with van der Waals surface area (Å²) in [6.07, 6.45) is 7.74. The molecule has 0 spiro atoms. The Hall–Kier alpha value is -2.95. The number of hydrogen-bond acceptors (Lipinski definition) is 3. The smallest absolute Gasteiger partial charge is 0.331 e. The Balaban J connectivity index is 0.000000243. The molecule has 0 saturated heterocycles. The number of carbonyl (C=O) groups excluding carboxylic acids is 1. The van der Waals surface area contributed by atoms with E-state index < -0.39 is 17.4 Å². The summed E-state index contributed by atoms with van der Waals surface area (Å²) in [5.74, 6) is -2.00. The maximum atomic E-state index is 11.2. The van der Waals surface area contributed by atoms with Crippen molar-refractivity contribution in [2.75, 3.05) is 0 Å². The van der Waals surface area contributed by atoms with Gasteiger partial charge in [0.2, 0.25) is 0 Å². The Bertz CT molecular complexity index is 698. The number of ketones is 1. The van der Waals surface area contributed by atoms with Crippen LogP contribution in [0.1, 0.15) is 30.6 Å². The van der Waals surface area contributed by atoms with Crippen LogP contribution in [0, 0.1) is 5.41 Å². The monoisotopic (exact) mass is 328 g/mol. The lowest BCUT2D eigenvalue weighted by Gasteiger charge is -2.23. The summed E-state index contributed by atoms with van der Waals surface area (Å²) in [6.45, 7) is 3.34. The summed E-state index contributed by atoms with van der Waals surface area (Å²) in [4.78, 5) is 32.5. The molecular weight excluding hydrogens is 308 g/mol. The van der Waals surface area contributed by atoms with Gasteiger partial charge in [-0.2, -0.15) is 0 Å². The van der Waals surface area contributed by atoms with E-state index in [2.05, 4.69) is 0 Å². The molecule has 1 aromatic rings. The molecule has 0 aliphatic heterocycles. The van der Waals surface area contributed by atoms with Gasteiger partial charge in [0.05, 0.1) is 5.41 Å². The van der Waals surface area contributed by atoms with E-state index in [9.17, 15) is 14.4 Å². The lowest BCUT2D eigenvalue weighted by molar-refractivity contribution is -0.145. The van der Waals surface area contributed by atoms with Gasteiger partial charge in [-0.15, -0.1) is 0 Å². The van der Waals surface area contributed by atoms with Crippen molar-refractivity contribution in [3.63, 3.8) is 0 Å². The molecule has 0 bridgehead atoms. The van der Waals surface area contributed by atoms with E-state index in [1.54, 1.807) is 12.2 Å². The second-order valence-corrected chi connectivity index (χ2v) is 5.49. The summed E-state index contributed by atoms with van der Waals surface area (Å²) in [5.41, 5.74) is -0.208. The van der Waals surface area contributed by atoms with Crippen molar-refractivity contribution in [2.24, 2.45) is 5.41 Å². The average Bonchev–Trinajstić information content (AvgIpc) is 2.56. The molecule has 0 radical (unpaired) electrons. The first-order valence-corrected chi connectivity index (χ1v) is 7.37. The third-order valence-electron chi connectivity index (χ3n) is 3.46. The first-order valence-electron chi connectivity index (χ1n) is 7.37. The molecule has 24 heavy (non-hydrogen) atoms. The summed E-state index contributed by atoms with van der Waals surface area (Å²) in [5, 5.41) is 17.5. The van der Waals surface area contributed by atoms with Crippen LogP contribution >= 0.6 is 0 Å². The number of aliphatic carboxylic acids is 2. The molecule has 2 N–H and O–H groups in total. The normalized spacial score (nSPS) is 19.2. The van der Waals surface area contributed by atoms with E-state index in [0.717, 1.165) is 5.56 Å². The zero-order valence-corrected chi connectivity index (χ0v) is 13.6. The molecule has 0 amide bonds. The highest BCUT2D eigenvalue weighted by atomic mass is 16.4. The van der Waals surface area contributed by atoms with E-state index in [1.165, 1.54) is 25.2 Å². The minimum Gasteiger partial charge on any atom is -0.481 e. The van der Waals surface area contributed by atoms with Crippen LogP contribution in [0.25, 0.3) is 0 Å². The maximum Gasteiger partial charge on any atom is 0.331 e. The Morgan fingerprint density at radius 1 is 1.12 bits per heavy atom. The highest BCUT2D eigenvalue weighted by Crippen LogP contribution is 2.31. The van der Waals surface area contributed by atoms with Gasteiger partial charge in [0.25, 0.3) is 0 Å². The van der Waals surface area contributed by atoms with Crippen molar-refractivity contribution in [3.8, 4) is 0 Å². The van der Waals surface area contributed by atoms with Crippen molar-refractivity contribution >= 4 is 17.7 Å². The Kier molecular flexibility index (Phi) is 6.86. The third kappa shape index (κ3) is 5.35. The first-order chi connectivity index (χ1) is 11.3. The molecule has 0 saturated carbocycles. The van der Waals surface area contributed by atoms with Crippen LogP contribution < -0.4 is 0 Å². The Labute approximate surface area is 140 Å². The number of carbonyl (C=O) groups is 3. The van der Waals surface area contributed by atoms with E-state index in [4.69, 9.17) is 10.2 Å². The number of allylic oxidation sites excluding steroid dienone is 4. The van der Waals surface area contributed by atoms with Crippen molar-refractivity contribution in [1.82, 2.24) is 0 Å². The largest absolute Gasteiger partial charge is 0.481 e. The quantitative estimate of drug-likeness (QED) is 0.652. The Morgan fingerprint density at radius 2 is 1.75 bits per heavy atom. The van der Waals surface area contributed by atoms with Gasteiger partial charge in [0.15, 0.2) is 5.78 Å². The van der Waals surface area contributed by atoms with E-state index >= 15 is 0 Å². The summed E-state index contributed by atoms with van der Waals surface area (Å²) < 4.78 is 0. The highest BCUT2D eigenvalue weighted by Gasteiger charge is 2.34. The standard InChI is InChI=1S/C10H10O.C9H10O4/c1-2-6-10(11)9-7-4-3-5-8-9;1-9(8(12)13)4-2-3-6(5-9)7(10)11/h2-8H,1H3;2-4H,5H2,1H3,(H,10,11)(H,12,13)/b6-2+;.